The molecular formula is C7H11NS. The molecule has 2 N–H and O–H groups in total. The average molecular weight is 141 g/mol. The predicted molar refractivity (Wildman–Crippen MR) is 43.3 cm³/mol. The van der Waals surface area contributed by atoms with Gasteiger partial charge in [0.15, 0.2) is 0 Å². The van der Waals surface area contributed by atoms with Gasteiger partial charge in [0.2, 0.25) is 0 Å². The minimum absolute atomic E-state index is 0.218. The lowest BCUT2D eigenvalue weighted by Gasteiger charge is -2.18. The van der Waals surface area contributed by atoms with E-state index in [0.29, 0.717) is 5.92 Å². The van der Waals surface area contributed by atoms with Crippen LogP contribution in [-0.2, 0) is 0 Å². The molecule has 50 valence electrons. The molecule has 1 nitrogen and oxygen atoms in total. The van der Waals surface area contributed by atoms with Crippen LogP contribution in [-0.4, -0.2) is 5.25 Å². The Labute approximate surface area is 61.0 Å². The number of hydrogen-bond acceptors (Lipinski definition) is 2. The molecular weight excluding hydrogens is 130 g/mol. The summed E-state index contributed by atoms with van der Waals surface area (Å²) in [6, 6.07) is 0. The van der Waals surface area contributed by atoms with Crippen molar-refractivity contribution in [3.05, 3.63) is 23.9 Å². The predicted octanol–water partition coefficient (Wildman–Crippen LogP) is 1.33. The number of rotatable bonds is 0. The SMILES string of the molecule is CC1C=CC=C(N)C1S. The van der Waals surface area contributed by atoms with Gasteiger partial charge in [0, 0.05) is 10.9 Å². The zero-order valence-corrected chi connectivity index (χ0v) is 6.31. The van der Waals surface area contributed by atoms with E-state index in [1.54, 1.807) is 0 Å². The molecule has 0 aromatic carbocycles. The molecule has 0 aliphatic heterocycles. The van der Waals surface area contributed by atoms with Crippen LogP contribution >= 0.6 is 12.6 Å². The van der Waals surface area contributed by atoms with Gasteiger partial charge >= 0.3 is 0 Å². The highest BCUT2D eigenvalue weighted by Gasteiger charge is 2.14. The second-order valence-electron chi connectivity index (χ2n) is 2.36. The molecule has 0 bridgehead atoms. The van der Waals surface area contributed by atoms with E-state index in [4.69, 9.17) is 5.73 Å². The summed E-state index contributed by atoms with van der Waals surface area (Å²) in [6.45, 7) is 2.11. The van der Waals surface area contributed by atoms with Gasteiger partial charge in [-0.05, 0) is 12.0 Å². The Bertz CT molecular complexity index is 160. The van der Waals surface area contributed by atoms with Gasteiger partial charge in [-0.3, -0.25) is 0 Å². The van der Waals surface area contributed by atoms with Crippen LogP contribution in [0.4, 0.5) is 0 Å². The van der Waals surface area contributed by atoms with Crippen molar-refractivity contribution in [1.29, 1.82) is 0 Å². The molecule has 1 rings (SSSR count). The summed E-state index contributed by atoms with van der Waals surface area (Å²) < 4.78 is 0. The summed E-state index contributed by atoms with van der Waals surface area (Å²) in [7, 11) is 0. The molecule has 2 unspecified atom stereocenters. The Kier molecular flexibility index (Phi) is 1.86. The van der Waals surface area contributed by atoms with Crippen LogP contribution in [0.25, 0.3) is 0 Å². The first-order valence-corrected chi connectivity index (χ1v) is 3.55. The van der Waals surface area contributed by atoms with Crippen LogP contribution in [0.5, 0.6) is 0 Å². The van der Waals surface area contributed by atoms with Gasteiger partial charge in [-0.1, -0.05) is 19.1 Å². The summed E-state index contributed by atoms with van der Waals surface area (Å²) in [5, 5.41) is 0.218. The van der Waals surface area contributed by atoms with E-state index in [2.05, 4.69) is 25.6 Å². The lowest BCUT2D eigenvalue weighted by atomic mass is 10.0. The zero-order chi connectivity index (χ0) is 6.85. The Morgan fingerprint density at radius 2 is 2.33 bits per heavy atom. The van der Waals surface area contributed by atoms with Crippen LogP contribution in [0, 0.1) is 5.92 Å². The van der Waals surface area contributed by atoms with Gasteiger partial charge < -0.3 is 5.73 Å². The lowest BCUT2D eigenvalue weighted by molar-refractivity contribution is 0.722. The summed E-state index contributed by atoms with van der Waals surface area (Å²) in [6.07, 6.45) is 5.98. The maximum atomic E-state index is 5.60. The minimum atomic E-state index is 0.218. The van der Waals surface area contributed by atoms with Gasteiger partial charge in [0.05, 0.1) is 0 Å². The second kappa shape index (κ2) is 2.48. The summed E-state index contributed by atoms with van der Waals surface area (Å²) in [4.78, 5) is 0. The molecule has 0 aromatic rings. The monoisotopic (exact) mass is 141 g/mol. The maximum Gasteiger partial charge on any atom is 0.0472 e. The third kappa shape index (κ3) is 1.30. The minimum Gasteiger partial charge on any atom is -0.401 e. The molecule has 0 spiro atoms. The van der Waals surface area contributed by atoms with E-state index in [-0.39, 0.29) is 5.25 Å². The summed E-state index contributed by atoms with van der Waals surface area (Å²) >= 11 is 4.31. The van der Waals surface area contributed by atoms with Crippen molar-refractivity contribution in [3.63, 3.8) is 0 Å². The number of nitrogens with two attached hydrogens (primary N) is 1. The van der Waals surface area contributed by atoms with Crippen molar-refractivity contribution in [3.8, 4) is 0 Å². The molecule has 1 aliphatic rings. The van der Waals surface area contributed by atoms with Crippen LogP contribution in [0.1, 0.15) is 6.92 Å². The third-order valence-electron chi connectivity index (χ3n) is 1.54. The summed E-state index contributed by atoms with van der Waals surface area (Å²) in [5.41, 5.74) is 6.47. The van der Waals surface area contributed by atoms with Crippen molar-refractivity contribution in [2.75, 3.05) is 0 Å². The van der Waals surface area contributed by atoms with Gasteiger partial charge in [0.25, 0.3) is 0 Å². The Morgan fingerprint density at radius 1 is 1.67 bits per heavy atom. The van der Waals surface area contributed by atoms with Gasteiger partial charge in [0.1, 0.15) is 0 Å². The van der Waals surface area contributed by atoms with Crippen molar-refractivity contribution in [1.82, 2.24) is 0 Å². The first kappa shape index (κ1) is 6.75. The first-order chi connectivity index (χ1) is 4.22. The van der Waals surface area contributed by atoms with E-state index in [9.17, 15) is 0 Å². The largest absolute Gasteiger partial charge is 0.401 e. The number of thiol groups is 1. The normalized spacial score (nSPS) is 34.2. The summed E-state index contributed by atoms with van der Waals surface area (Å²) in [5.74, 6) is 0.471. The lowest BCUT2D eigenvalue weighted by Crippen LogP contribution is -2.20. The van der Waals surface area contributed by atoms with Crippen LogP contribution < -0.4 is 5.73 Å². The average Bonchev–Trinajstić information content (AvgIpc) is 1.83. The van der Waals surface area contributed by atoms with E-state index in [0.717, 1.165) is 5.70 Å². The molecule has 0 heterocycles. The van der Waals surface area contributed by atoms with E-state index >= 15 is 0 Å². The zero-order valence-electron chi connectivity index (χ0n) is 5.41. The highest BCUT2D eigenvalue weighted by Crippen LogP contribution is 2.20. The topological polar surface area (TPSA) is 26.0 Å². The van der Waals surface area contributed by atoms with Crippen molar-refractivity contribution in [2.45, 2.75) is 12.2 Å². The smallest absolute Gasteiger partial charge is 0.0472 e. The van der Waals surface area contributed by atoms with Crippen molar-refractivity contribution >= 4 is 12.6 Å². The molecule has 0 saturated heterocycles. The number of hydrogen-bond donors (Lipinski definition) is 2. The molecule has 0 aromatic heterocycles. The Balaban J connectivity index is 2.73. The molecule has 0 amide bonds. The molecule has 2 atom stereocenters. The standard InChI is InChI=1S/C7H11NS/c1-5-3-2-4-6(8)7(5)9/h2-5,7,9H,8H2,1H3. The molecule has 0 fully saturated rings. The van der Waals surface area contributed by atoms with Crippen LogP contribution in [0.15, 0.2) is 23.9 Å². The molecule has 2 heteroatoms. The number of allylic oxidation sites excluding steroid dienone is 3. The van der Waals surface area contributed by atoms with E-state index < -0.39 is 0 Å². The highest BCUT2D eigenvalue weighted by molar-refractivity contribution is 7.81. The third-order valence-corrected chi connectivity index (χ3v) is 2.31. The Morgan fingerprint density at radius 3 is 2.78 bits per heavy atom. The van der Waals surface area contributed by atoms with E-state index in [1.165, 1.54) is 0 Å². The van der Waals surface area contributed by atoms with Crippen molar-refractivity contribution < 1.29 is 0 Å². The molecule has 9 heavy (non-hydrogen) atoms. The fourth-order valence-electron chi connectivity index (χ4n) is 0.849. The maximum absolute atomic E-state index is 5.60. The first-order valence-electron chi connectivity index (χ1n) is 3.03. The molecule has 0 radical (unpaired) electrons. The Hall–Kier alpha value is -0.370. The molecule has 0 saturated carbocycles. The quantitative estimate of drug-likeness (QED) is 0.489. The van der Waals surface area contributed by atoms with Gasteiger partial charge in [-0.25, -0.2) is 0 Å². The second-order valence-corrected chi connectivity index (χ2v) is 2.91. The molecule has 1 aliphatic carbocycles. The van der Waals surface area contributed by atoms with Crippen LogP contribution in [0.3, 0.4) is 0 Å². The fraction of sp³-hybridized carbons (Fsp3) is 0.429. The van der Waals surface area contributed by atoms with Crippen molar-refractivity contribution in [2.24, 2.45) is 11.7 Å². The van der Waals surface area contributed by atoms with Gasteiger partial charge in [-0.15, -0.1) is 0 Å². The fourth-order valence-corrected chi connectivity index (χ4v) is 1.03. The highest BCUT2D eigenvalue weighted by atomic mass is 32.1. The van der Waals surface area contributed by atoms with Crippen LogP contribution in [0.2, 0.25) is 0 Å². The van der Waals surface area contributed by atoms with Gasteiger partial charge in [-0.2, -0.15) is 12.6 Å². The van der Waals surface area contributed by atoms with E-state index in [1.807, 2.05) is 12.2 Å².